The number of anilines is 1. The number of amides is 2. The zero-order valence-electron chi connectivity index (χ0n) is 19.3. The van der Waals surface area contributed by atoms with E-state index >= 15 is 0 Å². The maximum absolute atomic E-state index is 12.8. The number of phenolic OH excluding ortho intramolecular Hbond substituents is 1. The van der Waals surface area contributed by atoms with Crippen molar-refractivity contribution in [3.63, 3.8) is 0 Å². The van der Waals surface area contributed by atoms with Gasteiger partial charge in [0.1, 0.15) is 5.75 Å². The summed E-state index contributed by atoms with van der Waals surface area (Å²) >= 11 is 7.53. The van der Waals surface area contributed by atoms with Crippen LogP contribution < -0.4 is 10.6 Å². The molecule has 0 radical (unpaired) electrons. The summed E-state index contributed by atoms with van der Waals surface area (Å²) in [4.78, 5) is 41.9. The van der Waals surface area contributed by atoms with E-state index in [9.17, 15) is 19.5 Å². The van der Waals surface area contributed by atoms with Crippen LogP contribution in [0.2, 0.25) is 5.02 Å². The van der Waals surface area contributed by atoms with Crippen molar-refractivity contribution in [2.75, 3.05) is 12.4 Å². The maximum Gasteiger partial charge on any atom is 0.330 e. The summed E-state index contributed by atoms with van der Waals surface area (Å²) < 4.78 is 4.62. The number of ether oxygens (including phenoxy) is 1. The average Bonchev–Trinajstić information content (AvgIpc) is 3.23. The second kappa shape index (κ2) is 11.6. The van der Waals surface area contributed by atoms with Crippen LogP contribution in [0, 0.1) is 0 Å². The predicted octanol–water partition coefficient (Wildman–Crippen LogP) is 4.99. The molecule has 0 saturated carbocycles. The van der Waals surface area contributed by atoms with Gasteiger partial charge in [-0.05, 0) is 47.9 Å². The van der Waals surface area contributed by atoms with Crippen LogP contribution in [0.15, 0.2) is 48.5 Å². The molecule has 3 rings (SSSR count). The van der Waals surface area contributed by atoms with Crippen LogP contribution in [0.3, 0.4) is 0 Å². The average molecular weight is 514 g/mol. The molecule has 2 amide bonds. The molecule has 3 aromatic rings. The van der Waals surface area contributed by atoms with E-state index in [0.29, 0.717) is 10.7 Å². The largest absolute Gasteiger partial charge is 0.508 e. The van der Waals surface area contributed by atoms with Crippen LogP contribution in [0.25, 0.3) is 6.08 Å². The summed E-state index contributed by atoms with van der Waals surface area (Å²) in [6, 6.07) is 11.0. The molecule has 0 fully saturated rings. The molecule has 1 aromatic heterocycles. The molecule has 182 valence electrons. The number of methoxy groups -OCH3 is 1. The maximum atomic E-state index is 12.8. The summed E-state index contributed by atoms with van der Waals surface area (Å²) in [5.74, 6) is -1.16. The van der Waals surface area contributed by atoms with Crippen LogP contribution in [-0.4, -0.2) is 35.0 Å². The number of aromatic hydroxyl groups is 1. The van der Waals surface area contributed by atoms with Gasteiger partial charge in [-0.1, -0.05) is 48.9 Å². The van der Waals surface area contributed by atoms with E-state index in [1.54, 1.807) is 30.3 Å². The molecular formula is C25H24ClN3O5S. The van der Waals surface area contributed by atoms with Gasteiger partial charge in [0, 0.05) is 18.2 Å². The number of nitrogens with one attached hydrogen (secondary N) is 2. The normalized spacial score (nSPS) is 11.0. The summed E-state index contributed by atoms with van der Waals surface area (Å²) in [5.41, 5.74) is 1.95. The highest BCUT2D eigenvalue weighted by Gasteiger charge is 2.18. The molecule has 3 N–H and O–H groups in total. The van der Waals surface area contributed by atoms with Gasteiger partial charge in [-0.25, -0.2) is 9.78 Å². The number of halogens is 1. The van der Waals surface area contributed by atoms with E-state index in [4.69, 9.17) is 11.6 Å². The minimum absolute atomic E-state index is 0.0652. The molecule has 2 aromatic carbocycles. The van der Waals surface area contributed by atoms with Crippen LogP contribution >= 0.6 is 22.9 Å². The molecule has 0 atom stereocenters. The number of rotatable bonds is 8. The third kappa shape index (κ3) is 6.91. The van der Waals surface area contributed by atoms with Crippen molar-refractivity contribution < 1.29 is 24.2 Å². The topological polar surface area (TPSA) is 118 Å². The first kappa shape index (κ1) is 25.9. The van der Waals surface area contributed by atoms with E-state index in [0.717, 1.165) is 16.1 Å². The second-order valence-corrected chi connectivity index (χ2v) is 9.22. The Morgan fingerprint density at radius 1 is 1.17 bits per heavy atom. The molecule has 0 saturated heterocycles. The first-order valence-electron chi connectivity index (χ1n) is 10.6. The van der Waals surface area contributed by atoms with Crippen molar-refractivity contribution in [2.24, 2.45) is 0 Å². The Morgan fingerprint density at radius 3 is 2.60 bits per heavy atom. The van der Waals surface area contributed by atoms with Gasteiger partial charge in [-0.2, -0.15) is 0 Å². The Labute approximate surface area is 211 Å². The smallest absolute Gasteiger partial charge is 0.330 e. The second-order valence-electron chi connectivity index (χ2n) is 7.78. The lowest BCUT2D eigenvalue weighted by Crippen LogP contribution is -2.23. The molecule has 0 aliphatic carbocycles. The zero-order chi connectivity index (χ0) is 25.5. The molecule has 10 heteroatoms. The molecule has 0 aliphatic heterocycles. The number of esters is 1. The van der Waals surface area contributed by atoms with Gasteiger partial charge in [0.15, 0.2) is 5.13 Å². The lowest BCUT2D eigenvalue weighted by Gasteiger charge is -2.08. The Balaban J connectivity index is 1.70. The highest BCUT2D eigenvalue weighted by Crippen LogP contribution is 2.30. The molecule has 35 heavy (non-hydrogen) atoms. The van der Waals surface area contributed by atoms with Gasteiger partial charge in [0.05, 0.1) is 28.3 Å². The minimum Gasteiger partial charge on any atom is -0.508 e. The Kier molecular flexibility index (Phi) is 8.62. The monoisotopic (exact) mass is 513 g/mol. The number of hydrogen-bond acceptors (Lipinski definition) is 7. The Bertz CT molecular complexity index is 1290. The summed E-state index contributed by atoms with van der Waals surface area (Å²) in [6.07, 6.45) is 2.90. The number of phenols is 1. The minimum atomic E-state index is -0.489. The van der Waals surface area contributed by atoms with E-state index in [1.165, 1.54) is 42.7 Å². The van der Waals surface area contributed by atoms with Crippen LogP contribution in [0.1, 0.15) is 56.6 Å². The number of benzene rings is 2. The number of hydrogen-bond donors (Lipinski definition) is 3. The van der Waals surface area contributed by atoms with E-state index in [1.807, 2.05) is 13.8 Å². The van der Waals surface area contributed by atoms with Crippen LogP contribution in [0.5, 0.6) is 5.75 Å². The summed E-state index contributed by atoms with van der Waals surface area (Å²) in [6.45, 7) is 4.14. The van der Waals surface area contributed by atoms with Crippen LogP contribution in [-0.2, 0) is 16.1 Å². The van der Waals surface area contributed by atoms with Crippen LogP contribution in [0.4, 0.5) is 5.13 Å². The van der Waals surface area contributed by atoms with Gasteiger partial charge < -0.3 is 15.2 Å². The van der Waals surface area contributed by atoms with Gasteiger partial charge in [-0.15, -0.1) is 0 Å². The highest BCUT2D eigenvalue weighted by molar-refractivity contribution is 7.16. The predicted molar refractivity (Wildman–Crippen MR) is 136 cm³/mol. The molecule has 0 aliphatic rings. The Morgan fingerprint density at radius 2 is 1.94 bits per heavy atom. The fourth-order valence-corrected chi connectivity index (χ4v) is 4.38. The fraction of sp³-hybridized carbons (Fsp3) is 0.200. The Hall–Kier alpha value is -3.69. The lowest BCUT2D eigenvalue weighted by molar-refractivity contribution is -0.134. The number of carbonyl (C=O) groups is 3. The van der Waals surface area contributed by atoms with Crippen molar-refractivity contribution in [3.8, 4) is 5.75 Å². The lowest BCUT2D eigenvalue weighted by atomic mass is 10.1. The number of aromatic nitrogens is 1. The molecule has 0 spiro atoms. The first-order chi connectivity index (χ1) is 16.7. The summed E-state index contributed by atoms with van der Waals surface area (Å²) in [5, 5.41) is 15.5. The van der Waals surface area contributed by atoms with Gasteiger partial charge >= 0.3 is 5.97 Å². The van der Waals surface area contributed by atoms with Gasteiger partial charge in [0.2, 0.25) is 0 Å². The fourth-order valence-electron chi connectivity index (χ4n) is 3.10. The van der Waals surface area contributed by atoms with Gasteiger partial charge in [0.25, 0.3) is 11.8 Å². The molecular weight excluding hydrogens is 490 g/mol. The SMILES string of the molecule is COC(=O)/C=C\c1sc(NC(=O)c2ccc(C(=O)NCc3cccc(O)c3)cc2Cl)nc1C(C)C. The number of thiazole rings is 1. The molecule has 1 heterocycles. The molecule has 0 unspecified atom stereocenters. The van der Waals surface area contributed by atoms with E-state index in [2.05, 4.69) is 20.4 Å². The van der Waals surface area contributed by atoms with Crippen molar-refractivity contribution in [1.82, 2.24) is 10.3 Å². The summed E-state index contributed by atoms with van der Waals surface area (Å²) in [7, 11) is 1.29. The standard InChI is InChI=1S/C25H24ClN3O5S/c1-14(2)22-20(9-10-21(31)34-3)35-25(28-22)29-24(33)18-8-7-16(12-19(18)26)23(32)27-13-15-5-4-6-17(30)11-15/h4-12,14,30H,13H2,1-3H3,(H,27,32)(H,28,29,33)/b10-9-. The van der Waals surface area contributed by atoms with Crippen molar-refractivity contribution in [2.45, 2.75) is 26.3 Å². The molecule has 8 nitrogen and oxygen atoms in total. The third-order valence-electron chi connectivity index (χ3n) is 4.86. The highest BCUT2D eigenvalue weighted by atomic mass is 35.5. The zero-order valence-corrected chi connectivity index (χ0v) is 20.9. The van der Waals surface area contributed by atoms with E-state index < -0.39 is 11.9 Å². The quantitative estimate of drug-likeness (QED) is 0.288. The first-order valence-corrected chi connectivity index (χ1v) is 11.8. The van der Waals surface area contributed by atoms with Crippen molar-refractivity contribution in [1.29, 1.82) is 0 Å². The van der Waals surface area contributed by atoms with Crippen molar-refractivity contribution in [3.05, 3.63) is 80.8 Å². The third-order valence-corrected chi connectivity index (χ3v) is 6.12. The number of nitrogens with zero attached hydrogens (tertiary/aromatic N) is 1. The van der Waals surface area contributed by atoms with E-state index in [-0.39, 0.29) is 34.7 Å². The molecule has 0 bridgehead atoms. The van der Waals surface area contributed by atoms with Crippen molar-refractivity contribution >= 4 is 51.9 Å². The number of carbonyl (C=O) groups excluding carboxylic acids is 3. The van der Waals surface area contributed by atoms with Gasteiger partial charge in [-0.3, -0.25) is 14.9 Å².